The molecule has 2 N–H and O–H groups in total. The number of ether oxygens (including phenoxy) is 1. The summed E-state index contributed by atoms with van der Waals surface area (Å²) in [7, 11) is 1.52. The molecule has 1 atom stereocenters. The minimum atomic E-state index is -1.00. The molecule has 3 aromatic rings. The predicted octanol–water partition coefficient (Wildman–Crippen LogP) is 3.73. The van der Waals surface area contributed by atoms with Crippen LogP contribution in [0.25, 0.3) is 5.76 Å². The Morgan fingerprint density at radius 3 is 2.45 bits per heavy atom. The van der Waals surface area contributed by atoms with E-state index in [1.807, 2.05) is 6.92 Å². The number of hydrogen-bond acceptors (Lipinski definition) is 6. The zero-order valence-electron chi connectivity index (χ0n) is 16.9. The first kappa shape index (κ1) is 20.2. The second kappa shape index (κ2) is 7.95. The van der Waals surface area contributed by atoms with Crippen molar-refractivity contribution in [1.29, 1.82) is 0 Å². The largest absolute Gasteiger partial charge is 0.507 e. The molecule has 1 aromatic heterocycles. The molecule has 4 rings (SSSR count). The highest BCUT2D eigenvalue weighted by atomic mass is 16.5. The van der Waals surface area contributed by atoms with Gasteiger partial charge in [0, 0.05) is 11.8 Å². The summed E-state index contributed by atoms with van der Waals surface area (Å²) in [6.45, 7) is 1.81. The normalized spacial score (nSPS) is 17.7. The van der Waals surface area contributed by atoms with Gasteiger partial charge in [0.15, 0.2) is 0 Å². The number of phenols is 1. The number of methoxy groups -OCH3 is 1. The van der Waals surface area contributed by atoms with Crippen LogP contribution in [0.5, 0.6) is 11.5 Å². The Hall–Kier alpha value is -4.13. The molecule has 0 bridgehead atoms. The summed E-state index contributed by atoms with van der Waals surface area (Å²) in [5, 5.41) is 21.5. The number of pyridine rings is 1. The van der Waals surface area contributed by atoms with Crippen molar-refractivity contribution < 1.29 is 24.5 Å². The number of aromatic hydroxyl groups is 1. The average molecular weight is 416 g/mol. The van der Waals surface area contributed by atoms with E-state index in [0.29, 0.717) is 17.0 Å². The van der Waals surface area contributed by atoms with Crippen LogP contribution in [0.4, 0.5) is 5.69 Å². The summed E-state index contributed by atoms with van der Waals surface area (Å²) in [4.78, 5) is 31.6. The zero-order valence-corrected chi connectivity index (χ0v) is 16.9. The molecule has 0 spiro atoms. The number of nitrogens with zero attached hydrogens (tertiary/aromatic N) is 2. The number of anilines is 1. The Kier molecular flexibility index (Phi) is 5.17. The Bertz CT molecular complexity index is 1190. The zero-order chi connectivity index (χ0) is 22.1. The van der Waals surface area contributed by atoms with Gasteiger partial charge in [0.2, 0.25) is 0 Å². The lowest BCUT2D eigenvalue weighted by molar-refractivity contribution is -0.132. The van der Waals surface area contributed by atoms with Gasteiger partial charge in [-0.3, -0.25) is 19.5 Å². The maximum Gasteiger partial charge on any atom is 0.300 e. The molecular weight excluding hydrogens is 396 g/mol. The first-order chi connectivity index (χ1) is 14.9. The van der Waals surface area contributed by atoms with Gasteiger partial charge in [0.1, 0.15) is 23.3 Å². The molecule has 0 radical (unpaired) electrons. The molecular formula is C24H20N2O5. The molecule has 1 unspecified atom stereocenters. The van der Waals surface area contributed by atoms with Crippen LogP contribution in [-0.4, -0.2) is 34.0 Å². The lowest BCUT2D eigenvalue weighted by atomic mass is 9.98. The Morgan fingerprint density at radius 1 is 1.06 bits per heavy atom. The number of carbonyl (C=O) groups is 2. The van der Waals surface area contributed by atoms with E-state index in [9.17, 15) is 19.8 Å². The van der Waals surface area contributed by atoms with E-state index in [4.69, 9.17) is 4.74 Å². The van der Waals surface area contributed by atoms with Crippen molar-refractivity contribution in [1.82, 2.24) is 4.98 Å². The molecule has 1 fully saturated rings. The first-order valence-corrected chi connectivity index (χ1v) is 9.58. The number of Topliss-reactive ketones (excluding diaryl/α,β-unsaturated/α-hetero) is 1. The smallest absolute Gasteiger partial charge is 0.300 e. The minimum absolute atomic E-state index is 0.102. The molecule has 7 heteroatoms. The van der Waals surface area contributed by atoms with Crippen molar-refractivity contribution >= 4 is 23.1 Å². The standard InChI is InChI=1S/C24H20N2O5/c1-14-6-11-19(27)18(13-14)26-21(17-5-3-4-12-25-17)20(23(29)24(26)30)22(28)15-7-9-16(31-2)10-8-15/h3-13,21,27-28H,1-2H3/b22-20+. The van der Waals surface area contributed by atoms with Gasteiger partial charge in [0.05, 0.1) is 24.1 Å². The maximum atomic E-state index is 13.1. The summed E-state index contributed by atoms with van der Waals surface area (Å²) < 4.78 is 5.14. The predicted molar refractivity (Wildman–Crippen MR) is 115 cm³/mol. The van der Waals surface area contributed by atoms with E-state index in [1.54, 1.807) is 60.8 Å². The number of hydrogen-bond donors (Lipinski definition) is 2. The van der Waals surface area contributed by atoms with Crippen molar-refractivity contribution in [2.45, 2.75) is 13.0 Å². The van der Waals surface area contributed by atoms with Crippen LogP contribution in [-0.2, 0) is 9.59 Å². The number of aromatic nitrogens is 1. The van der Waals surface area contributed by atoms with E-state index in [-0.39, 0.29) is 22.8 Å². The maximum absolute atomic E-state index is 13.1. The number of aliphatic hydroxyl groups is 1. The van der Waals surface area contributed by atoms with Crippen molar-refractivity contribution in [3.63, 3.8) is 0 Å². The lowest BCUT2D eigenvalue weighted by Crippen LogP contribution is -2.30. The number of amides is 1. The number of benzene rings is 2. The number of phenolic OH excluding ortho intramolecular Hbond substituents is 1. The summed E-state index contributed by atoms with van der Waals surface area (Å²) in [5.41, 5.74) is 1.61. The number of aryl methyl sites for hydroxylation is 1. The highest BCUT2D eigenvalue weighted by Gasteiger charge is 2.48. The van der Waals surface area contributed by atoms with Crippen LogP contribution in [0.1, 0.15) is 22.9 Å². The fourth-order valence-corrected chi connectivity index (χ4v) is 3.63. The van der Waals surface area contributed by atoms with Crippen molar-refractivity contribution in [2.24, 2.45) is 0 Å². The van der Waals surface area contributed by atoms with Crippen LogP contribution >= 0.6 is 0 Å². The van der Waals surface area contributed by atoms with Crippen molar-refractivity contribution in [3.05, 3.63) is 89.3 Å². The molecule has 7 nitrogen and oxygen atoms in total. The molecule has 2 heterocycles. The van der Waals surface area contributed by atoms with Gasteiger partial charge in [0.25, 0.3) is 11.7 Å². The van der Waals surface area contributed by atoms with E-state index >= 15 is 0 Å². The number of aliphatic hydroxyl groups excluding tert-OH is 1. The number of carbonyl (C=O) groups excluding carboxylic acids is 2. The van der Waals surface area contributed by atoms with Gasteiger partial charge >= 0.3 is 0 Å². The number of ketones is 1. The molecule has 2 aromatic carbocycles. The average Bonchev–Trinajstić information content (AvgIpc) is 3.06. The van der Waals surface area contributed by atoms with Crippen LogP contribution in [0.15, 0.2) is 72.4 Å². The quantitative estimate of drug-likeness (QED) is 0.382. The SMILES string of the molecule is COc1ccc(/C(O)=C2\C(=O)C(=O)N(c3cc(C)ccc3O)C2c2ccccn2)cc1. The van der Waals surface area contributed by atoms with Gasteiger partial charge in [-0.05, 0) is 61.0 Å². The Morgan fingerprint density at radius 2 is 1.81 bits per heavy atom. The fourth-order valence-electron chi connectivity index (χ4n) is 3.63. The lowest BCUT2D eigenvalue weighted by Gasteiger charge is -2.25. The Labute approximate surface area is 178 Å². The summed E-state index contributed by atoms with van der Waals surface area (Å²) in [6.07, 6.45) is 1.54. The van der Waals surface area contributed by atoms with Crippen molar-refractivity contribution in [2.75, 3.05) is 12.0 Å². The van der Waals surface area contributed by atoms with E-state index < -0.39 is 17.7 Å². The van der Waals surface area contributed by atoms with E-state index in [1.165, 1.54) is 18.1 Å². The minimum Gasteiger partial charge on any atom is -0.507 e. The van der Waals surface area contributed by atoms with Crippen LogP contribution < -0.4 is 9.64 Å². The van der Waals surface area contributed by atoms with Crippen molar-refractivity contribution in [3.8, 4) is 11.5 Å². The monoisotopic (exact) mass is 416 g/mol. The molecule has 1 aliphatic heterocycles. The topological polar surface area (TPSA) is 100.0 Å². The molecule has 0 aliphatic carbocycles. The summed E-state index contributed by atoms with van der Waals surface area (Å²) in [6, 6.07) is 15.4. The van der Waals surface area contributed by atoms with Gasteiger partial charge in [-0.15, -0.1) is 0 Å². The first-order valence-electron chi connectivity index (χ1n) is 9.58. The molecule has 31 heavy (non-hydrogen) atoms. The molecule has 1 aliphatic rings. The summed E-state index contributed by atoms with van der Waals surface area (Å²) in [5.74, 6) is -1.61. The molecule has 156 valence electrons. The second-order valence-corrected chi connectivity index (χ2v) is 7.14. The van der Waals surface area contributed by atoms with Gasteiger partial charge in [-0.2, -0.15) is 0 Å². The van der Waals surface area contributed by atoms with Gasteiger partial charge in [-0.25, -0.2) is 0 Å². The summed E-state index contributed by atoms with van der Waals surface area (Å²) >= 11 is 0. The number of rotatable bonds is 4. The van der Waals surface area contributed by atoms with E-state index in [0.717, 1.165) is 5.56 Å². The van der Waals surface area contributed by atoms with Gasteiger partial charge < -0.3 is 14.9 Å². The Balaban J connectivity index is 1.94. The fraction of sp³-hybridized carbons (Fsp3) is 0.125. The van der Waals surface area contributed by atoms with Crippen LogP contribution in [0.3, 0.4) is 0 Å². The third-order valence-electron chi connectivity index (χ3n) is 5.17. The van der Waals surface area contributed by atoms with Crippen LogP contribution in [0.2, 0.25) is 0 Å². The third-order valence-corrected chi connectivity index (χ3v) is 5.17. The van der Waals surface area contributed by atoms with Crippen LogP contribution in [0, 0.1) is 6.92 Å². The molecule has 1 saturated heterocycles. The molecule has 1 amide bonds. The van der Waals surface area contributed by atoms with E-state index in [2.05, 4.69) is 4.98 Å². The second-order valence-electron chi connectivity index (χ2n) is 7.14. The third kappa shape index (κ3) is 3.50. The highest BCUT2D eigenvalue weighted by Crippen LogP contribution is 2.44. The van der Waals surface area contributed by atoms with Gasteiger partial charge in [-0.1, -0.05) is 12.1 Å². The highest BCUT2D eigenvalue weighted by molar-refractivity contribution is 6.51. The molecule has 0 saturated carbocycles.